The zero-order valence-electron chi connectivity index (χ0n) is 30.9. The summed E-state index contributed by atoms with van der Waals surface area (Å²) in [5, 5.41) is 0. The van der Waals surface area contributed by atoms with Crippen molar-refractivity contribution in [2.75, 3.05) is 6.61 Å². The molecule has 0 bridgehead atoms. The third-order valence-corrected chi connectivity index (χ3v) is 13.9. The molecule has 4 rings (SSSR count). The van der Waals surface area contributed by atoms with Gasteiger partial charge in [0, 0.05) is 74.1 Å². The molecule has 2 aromatic heterocycles. The quantitative estimate of drug-likeness (QED) is 0.101. The minimum atomic E-state index is -1.80. The van der Waals surface area contributed by atoms with Gasteiger partial charge in [0.05, 0.1) is 12.7 Å². The second-order valence-electron chi connectivity index (χ2n) is 13.5. The molecular weight excluding hydrogens is 701 g/mol. The lowest BCUT2D eigenvalue weighted by atomic mass is 10.0. The molecule has 5 unspecified atom stereocenters. The van der Waals surface area contributed by atoms with Crippen LogP contribution in [0, 0.1) is 0 Å². The van der Waals surface area contributed by atoms with E-state index in [1.54, 1.807) is 27.8 Å². The number of hydrogen-bond acceptors (Lipinski definition) is 10. The number of halogens is 1. The highest BCUT2D eigenvalue weighted by Gasteiger charge is 2.48. The number of nitrogens with one attached hydrogen (secondary N) is 1. The molecule has 0 amide bonds. The molecule has 1 fully saturated rings. The summed E-state index contributed by atoms with van der Waals surface area (Å²) in [5.74, 6) is 1.15. The molecule has 0 aliphatic carbocycles. The zero-order chi connectivity index (χ0) is 37.3. The summed E-state index contributed by atoms with van der Waals surface area (Å²) in [4.78, 5) is 44.2. The molecule has 1 aliphatic heterocycles. The number of ketones is 1. The maximum absolute atomic E-state index is 16.0. The number of imidazole rings is 1. The largest absolute Gasteiger partial charge is 0.349 e. The average Bonchev–Trinajstić information content (AvgIpc) is 3.63. The third kappa shape index (κ3) is 11.1. The van der Waals surface area contributed by atoms with Gasteiger partial charge in [-0.05, 0) is 72.9 Å². The summed E-state index contributed by atoms with van der Waals surface area (Å²) in [7, 11) is 3.57. The predicted molar refractivity (Wildman–Crippen MR) is 199 cm³/mol. The van der Waals surface area contributed by atoms with Crippen molar-refractivity contribution in [1.82, 2.24) is 23.8 Å². The van der Waals surface area contributed by atoms with Gasteiger partial charge >= 0.3 is 5.69 Å². The minimum absolute atomic E-state index is 0.00623. The zero-order valence-corrected chi connectivity index (χ0v) is 32.4. The number of H-pyrrole nitrogens is 1. The molecule has 11 nitrogen and oxygen atoms in total. The molecule has 50 heavy (non-hydrogen) atoms. The molecule has 0 radical (unpaired) electrons. The first kappa shape index (κ1) is 38.9. The molecule has 1 N–H and O–H groups in total. The van der Waals surface area contributed by atoms with Gasteiger partial charge in [-0.25, -0.2) is 18.8 Å². The fourth-order valence-electron chi connectivity index (χ4n) is 5.58. The lowest BCUT2D eigenvalue weighted by molar-refractivity contribution is -0.119. The predicted octanol–water partition coefficient (Wildman–Crippen LogP) is 7.02. The van der Waals surface area contributed by atoms with Gasteiger partial charge in [0.15, 0.2) is 12.4 Å². The molecule has 1 saturated heterocycles. The summed E-state index contributed by atoms with van der Waals surface area (Å²) < 4.78 is 47.6. The summed E-state index contributed by atoms with van der Waals surface area (Å²) >= 11 is 0. The summed E-state index contributed by atoms with van der Waals surface area (Å²) in [6, 6.07) is 9.28. The molecule has 1 aliphatic rings. The van der Waals surface area contributed by atoms with Crippen LogP contribution >= 0.6 is 30.1 Å². The van der Waals surface area contributed by atoms with E-state index in [0.717, 1.165) is 33.3 Å². The Morgan fingerprint density at radius 3 is 2.56 bits per heavy atom. The third-order valence-electron chi connectivity index (χ3n) is 8.31. The van der Waals surface area contributed by atoms with Crippen LogP contribution in [0.15, 0.2) is 63.4 Å². The number of carbonyl (C=O) groups is 1. The van der Waals surface area contributed by atoms with Crippen molar-refractivity contribution >= 4 is 35.9 Å². The van der Waals surface area contributed by atoms with Crippen molar-refractivity contribution in [3.8, 4) is 0 Å². The highest BCUT2D eigenvalue weighted by Crippen LogP contribution is 2.51. The number of rotatable bonds is 19. The average molecular weight is 753 g/mol. The van der Waals surface area contributed by atoms with Gasteiger partial charge in [0.1, 0.15) is 17.7 Å². The van der Waals surface area contributed by atoms with Crippen LogP contribution in [0.5, 0.6) is 0 Å². The molecular formula is C35H51FN5O6PS2. The number of aryl methyl sites for hydroxylation is 2. The number of benzene rings is 1. The molecule has 276 valence electrons. The van der Waals surface area contributed by atoms with E-state index in [-0.39, 0.29) is 29.5 Å². The Morgan fingerprint density at radius 2 is 1.90 bits per heavy atom. The van der Waals surface area contributed by atoms with Crippen LogP contribution in [-0.4, -0.2) is 71.4 Å². The second-order valence-corrected chi connectivity index (χ2v) is 17.8. The van der Waals surface area contributed by atoms with Crippen molar-refractivity contribution in [2.45, 2.75) is 127 Å². The van der Waals surface area contributed by atoms with E-state index in [9.17, 15) is 14.4 Å². The van der Waals surface area contributed by atoms with Crippen LogP contribution in [0.3, 0.4) is 0 Å². The van der Waals surface area contributed by atoms with E-state index in [1.807, 2.05) is 57.6 Å². The molecule has 3 heterocycles. The van der Waals surface area contributed by atoms with E-state index in [0.29, 0.717) is 32.3 Å². The Kier molecular flexibility index (Phi) is 14.3. The van der Waals surface area contributed by atoms with Crippen LogP contribution in [0.4, 0.5) is 4.39 Å². The SMILES string of the molecule is [2H]CC1OC(n2ccc(=O)[nH]c2=O)C(F)C1OP(OCCc1ccccc1SSC(C)(C)CCC(=O)CCc1nccn1C)N(C(C)C)C(C)C. The summed E-state index contributed by atoms with van der Waals surface area (Å²) in [6.45, 7) is 12.4. The molecule has 0 spiro atoms. The number of ether oxygens (including phenoxy) is 1. The van der Waals surface area contributed by atoms with E-state index in [4.69, 9.17) is 15.2 Å². The van der Waals surface area contributed by atoms with E-state index in [2.05, 4.69) is 40.6 Å². The smallest absolute Gasteiger partial charge is 0.330 e. The normalized spacial score (nSPS) is 20.6. The monoisotopic (exact) mass is 752 g/mol. The molecule has 5 atom stereocenters. The summed E-state index contributed by atoms with van der Waals surface area (Å²) in [6.07, 6.45) is 2.56. The fourth-order valence-corrected chi connectivity index (χ4v) is 9.94. The minimum Gasteiger partial charge on any atom is -0.349 e. The van der Waals surface area contributed by atoms with Crippen LogP contribution in [0.2, 0.25) is 0 Å². The van der Waals surface area contributed by atoms with Gasteiger partial charge in [-0.2, -0.15) is 0 Å². The number of aromatic amines is 1. The second kappa shape index (κ2) is 18.4. The standard InChI is InChI=1S/C35H51FN5O6PS2/c1-23(2)41(24(3)4)48(47-32-25(5)46-33(31(32)36)40-20-16-30(43)38-34(40)44)45-22-17-26-11-9-10-12-28(26)49-50-35(6,7)18-15-27(42)13-14-29-37-19-21-39(29)8/h9-12,16,19-21,23-25,31-33H,13-15,17-18,22H2,1-8H3,(H,38,43,44)/i5D. The van der Waals surface area contributed by atoms with E-state index >= 15 is 4.39 Å². The highest BCUT2D eigenvalue weighted by atomic mass is 33.1. The number of hydrogen-bond donors (Lipinski definition) is 1. The van der Waals surface area contributed by atoms with Crippen LogP contribution in [0.25, 0.3) is 0 Å². The highest BCUT2D eigenvalue weighted by molar-refractivity contribution is 8.77. The molecule has 1 aromatic carbocycles. The Hall–Kier alpha value is -2.32. The van der Waals surface area contributed by atoms with Crippen molar-refractivity contribution in [3.63, 3.8) is 0 Å². The fraction of sp³-hybridized carbons (Fsp3) is 0.600. The Balaban J connectivity index is 1.38. The number of carbonyl (C=O) groups excluding carboxylic acids is 1. The van der Waals surface area contributed by atoms with Crippen molar-refractivity contribution < 1.29 is 24.3 Å². The van der Waals surface area contributed by atoms with Gasteiger partial charge in [-0.3, -0.25) is 19.1 Å². The number of Topliss-reactive ketones (excluding diaryl/α,β-unsaturated/α-hetero) is 1. The maximum Gasteiger partial charge on any atom is 0.330 e. The first-order chi connectivity index (χ1) is 24.2. The first-order valence-corrected chi connectivity index (χ1v) is 20.2. The Morgan fingerprint density at radius 1 is 1.16 bits per heavy atom. The number of alkyl halides is 1. The lowest BCUT2D eigenvalue weighted by Crippen LogP contribution is -2.38. The Bertz CT molecular complexity index is 1680. The van der Waals surface area contributed by atoms with Gasteiger partial charge in [-0.1, -0.05) is 39.8 Å². The van der Waals surface area contributed by atoms with Crippen molar-refractivity contribution in [1.29, 1.82) is 0 Å². The van der Waals surface area contributed by atoms with Crippen molar-refractivity contribution in [2.24, 2.45) is 7.05 Å². The summed E-state index contributed by atoms with van der Waals surface area (Å²) in [5.41, 5.74) is -0.299. The van der Waals surface area contributed by atoms with Gasteiger partial charge in [0.2, 0.25) is 0 Å². The first-order valence-electron chi connectivity index (χ1n) is 17.6. The van der Waals surface area contributed by atoms with Crippen LogP contribution in [-0.2, 0) is 38.5 Å². The van der Waals surface area contributed by atoms with Gasteiger partial charge < -0.3 is 18.4 Å². The molecule has 15 heteroatoms. The van der Waals surface area contributed by atoms with Crippen molar-refractivity contribution in [3.05, 3.63) is 81.1 Å². The topological polar surface area (TPSA) is 121 Å². The Labute approximate surface area is 304 Å². The molecule has 3 aromatic rings. The van der Waals surface area contributed by atoms with E-state index in [1.165, 1.54) is 6.20 Å². The van der Waals surface area contributed by atoms with Gasteiger partial charge in [-0.15, -0.1) is 0 Å². The lowest BCUT2D eigenvalue weighted by Gasteiger charge is -2.37. The maximum atomic E-state index is 16.0. The van der Waals surface area contributed by atoms with E-state index < -0.39 is 44.4 Å². The van der Waals surface area contributed by atoms with Gasteiger partial charge in [0.25, 0.3) is 14.1 Å². The van der Waals surface area contributed by atoms with Crippen LogP contribution in [0.1, 0.15) is 86.7 Å². The number of aromatic nitrogens is 4. The number of nitrogens with zero attached hydrogens (tertiary/aromatic N) is 4. The van der Waals surface area contributed by atoms with Crippen LogP contribution < -0.4 is 11.2 Å². The molecule has 0 saturated carbocycles.